The maximum atomic E-state index is 11.8. The second-order valence-electron chi connectivity index (χ2n) is 5.18. The molecule has 1 amide bonds. The molecule has 0 unspecified atom stereocenters. The Balaban J connectivity index is 1.72. The zero-order valence-corrected chi connectivity index (χ0v) is 12.1. The van der Waals surface area contributed by atoms with Crippen molar-refractivity contribution in [3.05, 3.63) is 28.8 Å². The van der Waals surface area contributed by atoms with E-state index in [4.69, 9.17) is 11.6 Å². The van der Waals surface area contributed by atoms with Crippen molar-refractivity contribution in [1.82, 2.24) is 5.32 Å². The summed E-state index contributed by atoms with van der Waals surface area (Å²) in [5.41, 5.74) is 2.14. The molecule has 4 heteroatoms. The molecule has 2 rings (SSSR count). The van der Waals surface area contributed by atoms with Crippen molar-refractivity contribution in [3.63, 3.8) is 0 Å². The van der Waals surface area contributed by atoms with Crippen molar-refractivity contribution >= 4 is 23.2 Å². The first-order valence-electron chi connectivity index (χ1n) is 6.94. The van der Waals surface area contributed by atoms with Crippen LogP contribution in [-0.2, 0) is 4.79 Å². The van der Waals surface area contributed by atoms with E-state index in [2.05, 4.69) is 10.6 Å². The normalized spacial score (nSPS) is 15.5. The second kappa shape index (κ2) is 6.80. The number of anilines is 1. The largest absolute Gasteiger partial charge is 0.384 e. The Labute approximate surface area is 119 Å². The summed E-state index contributed by atoms with van der Waals surface area (Å²) in [7, 11) is 0. The van der Waals surface area contributed by atoms with Crippen LogP contribution in [-0.4, -0.2) is 18.5 Å². The summed E-state index contributed by atoms with van der Waals surface area (Å²) < 4.78 is 0. The summed E-state index contributed by atoms with van der Waals surface area (Å²) in [5, 5.41) is 7.10. The molecule has 0 radical (unpaired) electrons. The highest BCUT2D eigenvalue weighted by molar-refractivity contribution is 6.30. The summed E-state index contributed by atoms with van der Waals surface area (Å²) in [4.78, 5) is 11.8. The van der Waals surface area contributed by atoms with Gasteiger partial charge in [0.2, 0.25) is 5.91 Å². The van der Waals surface area contributed by atoms with E-state index in [1.807, 2.05) is 25.1 Å². The lowest BCUT2D eigenvalue weighted by Gasteiger charge is -2.13. The van der Waals surface area contributed by atoms with E-state index in [1.54, 1.807) is 0 Å². The molecule has 0 bridgehead atoms. The molecule has 0 spiro atoms. The van der Waals surface area contributed by atoms with E-state index in [0.717, 1.165) is 29.1 Å². The molecular formula is C15H21ClN2O. The van der Waals surface area contributed by atoms with Gasteiger partial charge >= 0.3 is 0 Å². The Bertz CT molecular complexity index is 442. The Hall–Kier alpha value is -1.22. The van der Waals surface area contributed by atoms with E-state index in [1.165, 1.54) is 12.8 Å². The number of carbonyl (C=O) groups excluding carboxylic acids is 1. The van der Waals surface area contributed by atoms with E-state index in [9.17, 15) is 4.79 Å². The van der Waals surface area contributed by atoms with Crippen LogP contribution < -0.4 is 10.6 Å². The molecule has 104 valence electrons. The average Bonchev–Trinajstić information content (AvgIpc) is 2.84. The number of nitrogens with one attached hydrogen (secondary N) is 2. The number of hydrogen-bond donors (Lipinski definition) is 2. The molecule has 0 aliphatic heterocycles. The summed E-state index contributed by atoms with van der Waals surface area (Å²) in [5.74, 6) is 0.144. The number of carbonyl (C=O) groups is 1. The molecule has 19 heavy (non-hydrogen) atoms. The van der Waals surface area contributed by atoms with Gasteiger partial charge in [0.15, 0.2) is 0 Å². The Morgan fingerprint density at radius 1 is 1.37 bits per heavy atom. The van der Waals surface area contributed by atoms with Gasteiger partial charge in [0.05, 0.1) is 0 Å². The number of amides is 1. The Morgan fingerprint density at radius 2 is 2.11 bits per heavy atom. The van der Waals surface area contributed by atoms with E-state index in [0.29, 0.717) is 19.0 Å². The van der Waals surface area contributed by atoms with Crippen molar-refractivity contribution in [2.24, 2.45) is 0 Å². The van der Waals surface area contributed by atoms with E-state index < -0.39 is 0 Å². The van der Waals surface area contributed by atoms with Crippen LogP contribution in [0.2, 0.25) is 5.02 Å². The second-order valence-corrected chi connectivity index (χ2v) is 5.62. The lowest BCUT2D eigenvalue weighted by Crippen LogP contribution is -2.33. The quantitative estimate of drug-likeness (QED) is 0.867. The van der Waals surface area contributed by atoms with Crippen LogP contribution in [0.4, 0.5) is 5.69 Å². The minimum absolute atomic E-state index is 0.144. The predicted molar refractivity (Wildman–Crippen MR) is 79.7 cm³/mol. The van der Waals surface area contributed by atoms with Crippen LogP contribution >= 0.6 is 11.6 Å². The monoisotopic (exact) mass is 280 g/mol. The van der Waals surface area contributed by atoms with Crippen LogP contribution in [0.5, 0.6) is 0 Å². The van der Waals surface area contributed by atoms with Crippen molar-refractivity contribution in [2.75, 3.05) is 11.9 Å². The van der Waals surface area contributed by atoms with Gasteiger partial charge in [-0.05, 0) is 43.5 Å². The average molecular weight is 281 g/mol. The van der Waals surface area contributed by atoms with Crippen molar-refractivity contribution in [2.45, 2.75) is 45.1 Å². The van der Waals surface area contributed by atoms with Crippen molar-refractivity contribution in [3.8, 4) is 0 Å². The number of halogens is 1. The van der Waals surface area contributed by atoms with Crippen LogP contribution in [0.1, 0.15) is 37.7 Å². The van der Waals surface area contributed by atoms with Crippen LogP contribution in [0.3, 0.4) is 0 Å². The lowest BCUT2D eigenvalue weighted by atomic mass is 10.2. The molecule has 1 aromatic carbocycles. The number of aryl methyl sites for hydroxylation is 1. The standard InChI is InChI=1S/C15H21ClN2O/c1-11-10-12(16)6-7-14(11)17-9-8-15(19)18-13-4-2-3-5-13/h6-7,10,13,17H,2-5,8-9H2,1H3,(H,18,19). The van der Waals surface area contributed by atoms with Gasteiger partial charge in [0.1, 0.15) is 0 Å². The van der Waals surface area contributed by atoms with E-state index >= 15 is 0 Å². The molecule has 0 atom stereocenters. The summed E-state index contributed by atoms with van der Waals surface area (Å²) in [6.07, 6.45) is 5.27. The third kappa shape index (κ3) is 4.43. The Morgan fingerprint density at radius 3 is 2.79 bits per heavy atom. The van der Waals surface area contributed by atoms with Gasteiger partial charge in [-0.25, -0.2) is 0 Å². The zero-order chi connectivity index (χ0) is 13.7. The first kappa shape index (κ1) is 14.2. The van der Waals surface area contributed by atoms with Gasteiger partial charge in [-0.3, -0.25) is 4.79 Å². The Kier molecular flexibility index (Phi) is 5.08. The van der Waals surface area contributed by atoms with Crippen molar-refractivity contribution in [1.29, 1.82) is 0 Å². The highest BCUT2D eigenvalue weighted by Crippen LogP contribution is 2.20. The fourth-order valence-electron chi connectivity index (χ4n) is 2.51. The fourth-order valence-corrected chi connectivity index (χ4v) is 2.73. The minimum Gasteiger partial charge on any atom is -0.384 e. The molecule has 0 heterocycles. The molecule has 1 aliphatic carbocycles. The molecule has 2 N–H and O–H groups in total. The molecule has 1 aliphatic rings. The third-order valence-electron chi connectivity index (χ3n) is 3.58. The molecule has 0 aromatic heterocycles. The zero-order valence-electron chi connectivity index (χ0n) is 11.3. The van der Waals surface area contributed by atoms with Crippen LogP contribution in [0.25, 0.3) is 0 Å². The third-order valence-corrected chi connectivity index (χ3v) is 3.81. The van der Waals surface area contributed by atoms with Gasteiger partial charge in [-0.15, -0.1) is 0 Å². The number of benzene rings is 1. The highest BCUT2D eigenvalue weighted by Gasteiger charge is 2.16. The first-order chi connectivity index (χ1) is 9.15. The van der Waals surface area contributed by atoms with Gasteiger partial charge in [-0.1, -0.05) is 24.4 Å². The molecule has 1 fully saturated rings. The SMILES string of the molecule is Cc1cc(Cl)ccc1NCCC(=O)NC1CCCC1. The fraction of sp³-hybridized carbons (Fsp3) is 0.533. The molecule has 3 nitrogen and oxygen atoms in total. The van der Waals surface area contributed by atoms with Gasteiger partial charge in [-0.2, -0.15) is 0 Å². The molecule has 1 aromatic rings. The number of hydrogen-bond acceptors (Lipinski definition) is 2. The van der Waals surface area contributed by atoms with Gasteiger partial charge < -0.3 is 10.6 Å². The van der Waals surface area contributed by atoms with Gasteiger partial charge in [0, 0.05) is 29.7 Å². The minimum atomic E-state index is 0.144. The number of rotatable bonds is 5. The summed E-state index contributed by atoms with van der Waals surface area (Å²) in [6, 6.07) is 6.13. The van der Waals surface area contributed by atoms with Gasteiger partial charge in [0.25, 0.3) is 0 Å². The highest BCUT2D eigenvalue weighted by atomic mass is 35.5. The summed E-state index contributed by atoms with van der Waals surface area (Å²) in [6.45, 7) is 2.66. The molecule has 1 saturated carbocycles. The van der Waals surface area contributed by atoms with Crippen LogP contribution in [0.15, 0.2) is 18.2 Å². The van der Waals surface area contributed by atoms with Crippen LogP contribution in [0, 0.1) is 6.92 Å². The maximum Gasteiger partial charge on any atom is 0.221 e. The van der Waals surface area contributed by atoms with Crippen molar-refractivity contribution < 1.29 is 4.79 Å². The summed E-state index contributed by atoms with van der Waals surface area (Å²) >= 11 is 5.90. The molecular weight excluding hydrogens is 260 g/mol. The maximum absolute atomic E-state index is 11.8. The first-order valence-corrected chi connectivity index (χ1v) is 7.32. The topological polar surface area (TPSA) is 41.1 Å². The molecule has 0 saturated heterocycles. The smallest absolute Gasteiger partial charge is 0.221 e. The van der Waals surface area contributed by atoms with E-state index in [-0.39, 0.29) is 5.91 Å². The predicted octanol–water partition coefficient (Wildman–Crippen LogP) is 3.51. The lowest BCUT2D eigenvalue weighted by molar-refractivity contribution is -0.121.